The maximum atomic E-state index is 11.9. The summed E-state index contributed by atoms with van der Waals surface area (Å²) in [6.45, 7) is 4.58. The van der Waals surface area contributed by atoms with Crippen LogP contribution in [0.4, 0.5) is 4.79 Å². The molecule has 19 heavy (non-hydrogen) atoms. The van der Waals surface area contributed by atoms with Crippen LogP contribution < -0.4 is 5.32 Å². The van der Waals surface area contributed by atoms with Crippen LogP contribution >= 0.6 is 0 Å². The Bertz CT molecular complexity index is 314. The van der Waals surface area contributed by atoms with Gasteiger partial charge in [0.05, 0.1) is 0 Å². The van der Waals surface area contributed by atoms with E-state index in [4.69, 9.17) is 5.11 Å². The molecule has 0 spiro atoms. The van der Waals surface area contributed by atoms with Crippen LogP contribution in [0.25, 0.3) is 0 Å². The van der Waals surface area contributed by atoms with Crippen molar-refractivity contribution in [2.24, 2.45) is 11.8 Å². The standard InChI is InChI=1S/C14H26N2O3/c1-10(2)7-11(8-13(17)18)9-15-14(19)16(3)12-5-4-6-12/h10-12H,4-9H2,1-3H3,(H,15,19)(H,17,18)/t11-/m0/s1. The van der Waals surface area contributed by atoms with E-state index in [0.29, 0.717) is 18.5 Å². The lowest BCUT2D eigenvalue weighted by atomic mass is 9.92. The third kappa shape index (κ3) is 5.49. The first-order valence-electron chi connectivity index (χ1n) is 7.12. The van der Waals surface area contributed by atoms with Crippen LogP contribution in [-0.4, -0.2) is 41.6 Å². The number of hydrogen-bond acceptors (Lipinski definition) is 2. The number of urea groups is 1. The van der Waals surface area contributed by atoms with E-state index in [-0.39, 0.29) is 18.4 Å². The highest BCUT2D eigenvalue weighted by Gasteiger charge is 2.26. The molecule has 0 aromatic carbocycles. The molecule has 0 unspecified atom stereocenters. The van der Waals surface area contributed by atoms with Gasteiger partial charge in [-0.3, -0.25) is 4.79 Å². The lowest BCUT2D eigenvalue weighted by molar-refractivity contribution is -0.138. The quantitative estimate of drug-likeness (QED) is 0.746. The summed E-state index contributed by atoms with van der Waals surface area (Å²) in [4.78, 5) is 24.5. The number of nitrogens with zero attached hydrogens (tertiary/aromatic N) is 1. The van der Waals surface area contributed by atoms with E-state index >= 15 is 0 Å². The van der Waals surface area contributed by atoms with Gasteiger partial charge in [0.25, 0.3) is 0 Å². The van der Waals surface area contributed by atoms with E-state index in [1.807, 2.05) is 7.05 Å². The molecule has 0 aromatic heterocycles. The zero-order valence-corrected chi connectivity index (χ0v) is 12.2. The smallest absolute Gasteiger partial charge is 0.317 e. The van der Waals surface area contributed by atoms with Crippen molar-refractivity contribution in [1.82, 2.24) is 10.2 Å². The fourth-order valence-electron chi connectivity index (χ4n) is 2.45. The Morgan fingerprint density at radius 3 is 2.42 bits per heavy atom. The molecule has 2 amide bonds. The van der Waals surface area contributed by atoms with Gasteiger partial charge in [-0.1, -0.05) is 13.8 Å². The molecule has 2 N–H and O–H groups in total. The summed E-state index contributed by atoms with van der Waals surface area (Å²) in [5.74, 6) is -0.353. The average molecular weight is 270 g/mol. The van der Waals surface area contributed by atoms with Crippen LogP contribution in [0.2, 0.25) is 0 Å². The Kier molecular flexibility index (Phi) is 6.12. The fourth-order valence-corrected chi connectivity index (χ4v) is 2.45. The summed E-state index contributed by atoms with van der Waals surface area (Å²) in [6, 6.07) is 0.284. The number of amides is 2. The first kappa shape index (κ1) is 15.8. The second-order valence-corrected chi connectivity index (χ2v) is 5.98. The van der Waals surface area contributed by atoms with Crippen molar-refractivity contribution in [2.75, 3.05) is 13.6 Å². The lowest BCUT2D eigenvalue weighted by Gasteiger charge is -2.35. The lowest BCUT2D eigenvalue weighted by Crippen LogP contribution is -2.47. The van der Waals surface area contributed by atoms with Crippen molar-refractivity contribution in [1.29, 1.82) is 0 Å². The molecule has 0 saturated heterocycles. The van der Waals surface area contributed by atoms with Gasteiger partial charge in [0.15, 0.2) is 0 Å². The van der Waals surface area contributed by atoms with E-state index in [9.17, 15) is 9.59 Å². The maximum absolute atomic E-state index is 11.9. The number of carboxylic acids is 1. The molecule has 5 heteroatoms. The van der Waals surface area contributed by atoms with E-state index in [1.54, 1.807) is 4.90 Å². The highest BCUT2D eigenvalue weighted by molar-refractivity contribution is 5.74. The number of carboxylic acid groups (broad SMARTS) is 1. The van der Waals surface area contributed by atoms with Gasteiger partial charge in [0.1, 0.15) is 0 Å². The summed E-state index contributed by atoms with van der Waals surface area (Å²) in [5, 5.41) is 11.7. The predicted octanol–water partition coefficient (Wildman–Crippen LogP) is 2.32. The van der Waals surface area contributed by atoms with Crippen LogP contribution in [-0.2, 0) is 4.79 Å². The molecular formula is C14H26N2O3. The third-order valence-corrected chi connectivity index (χ3v) is 3.75. The van der Waals surface area contributed by atoms with E-state index < -0.39 is 5.97 Å². The van der Waals surface area contributed by atoms with Crippen molar-refractivity contribution in [3.63, 3.8) is 0 Å². The Balaban J connectivity index is 2.36. The highest BCUT2D eigenvalue weighted by Crippen LogP contribution is 2.23. The molecule has 110 valence electrons. The Labute approximate surface area is 115 Å². The van der Waals surface area contributed by atoms with Crippen LogP contribution in [0.15, 0.2) is 0 Å². The first-order valence-corrected chi connectivity index (χ1v) is 7.12. The molecule has 0 heterocycles. The molecule has 5 nitrogen and oxygen atoms in total. The summed E-state index contributed by atoms with van der Waals surface area (Å²) >= 11 is 0. The van der Waals surface area contributed by atoms with Crippen molar-refractivity contribution in [2.45, 2.75) is 52.0 Å². The largest absolute Gasteiger partial charge is 0.481 e. The zero-order chi connectivity index (χ0) is 14.4. The molecule has 0 radical (unpaired) electrons. The highest BCUT2D eigenvalue weighted by atomic mass is 16.4. The molecule has 0 bridgehead atoms. The number of aliphatic carboxylic acids is 1. The van der Waals surface area contributed by atoms with Crippen molar-refractivity contribution >= 4 is 12.0 Å². The molecule has 1 fully saturated rings. The van der Waals surface area contributed by atoms with Crippen LogP contribution in [0.3, 0.4) is 0 Å². The molecular weight excluding hydrogens is 244 g/mol. The van der Waals surface area contributed by atoms with Crippen molar-refractivity contribution in [3.8, 4) is 0 Å². The zero-order valence-electron chi connectivity index (χ0n) is 12.2. The Hall–Kier alpha value is -1.26. The second-order valence-electron chi connectivity index (χ2n) is 5.98. The third-order valence-electron chi connectivity index (χ3n) is 3.75. The maximum Gasteiger partial charge on any atom is 0.317 e. The number of nitrogens with one attached hydrogen (secondary N) is 1. The molecule has 1 atom stereocenters. The molecule has 1 aliphatic carbocycles. The number of carbonyl (C=O) groups is 2. The Morgan fingerprint density at radius 2 is 2.00 bits per heavy atom. The van der Waals surface area contributed by atoms with Crippen molar-refractivity contribution < 1.29 is 14.7 Å². The van der Waals surface area contributed by atoms with Crippen molar-refractivity contribution in [3.05, 3.63) is 0 Å². The SMILES string of the molecule is CC(C)C[C@H](CNC(=O)N(C)C1CCC1)CC(=O)O. The van der Waals surface area contributed by atoms with Gasteiger partial charge in [0.2, 0.25) is 0 Å². The van der Waals surface area contributed by atoms with Gasteiger partial charge in [0, 0.05) is 26.1 Å². The van der Waals surface area contributed by atoms with Gasteiger partial charge in [-0.15, -0.1) is 0 Å². The minimum absolute atomic E-state index is 0.0104. The molecule has 0 aromatic rings. The van der Waals surface area contributed by atoms with Gasteiger partial charge in [-0.25, -0.2) is 4.79 Å². The summed E-state index contributed by atoms with van der Waals surface area (Å²) in [6.07, 6.45) is 4.28. The van der Waals surface area contributed by atoms with Crippen LogP contribution in [0, 0.1) is 11.8 Å². The first-order chi connectivity index (χ1) is 8.90. The van der Waals surface area contributed by atoms with E-state index in [0.717, 1.165) is 19.3 Å². The van der Waals surface area contributed by atoms with Gasteiger partial charge in [-0.2, -0.15) is 0 Å². The minimum Gasteiger partial charge on any atom is -0.481 e. The molecule has 1 saturated carbocycles. The number of carbonyl (C=O) groups excluding carboxylic acids is 1. The predicted molar refractivity (Wildman–Crippen MR) is 74.0 cm³/mol. The minimum atomic E-state index is -0.799. The topological polar surface area (TPSA) is 69.6 Å². The second kappa shape index (κ2) is 7.36. The fraction of sp³-hybridized carbons (Fsp3) is 0.857. The normalized spacial score (nSPS) is 16.8. The van der Waals surface area contributed by atoms with Crippen LogP contribution in [0.1, 0.15) is 46.0 Å². The molecule has 0 aliphatic heterocycles. The van der Waals surface area contributed by atoms with E-state index in [1.165, 1.54) is 6.42 Å². The molecule has 1 aliphatic rings. The van der Waals surface area contributed by atoms with E-state index in [2.05, 4.69) is 19.2 Å². The molecule has 1 rings (SSSR count). The van der Waals surface area contributed by atoms with Gasteiger partial charge < -0.3 is 15.3 Å². The summed E-state index contributed by atoms with van der Waals surface area (Å²) in [7, 11) is 1.81. The average Bonchev–Trinajstić information content (AvgIpc) is 2.21. The van der Waals surface area contributed by atoms with Gasteiger partial charge in [-0.05, 0) is 37.5 Å². The number of hydrogen-bond donors (Lipinski definition) is 2. The monoisotopic (exact) mass is 270 g/mol. The number of rotatable bonds is 7. The summed E-state index contributed by atoms with van der Waals surface area (Å²) < 4.78 is 0. The van der Waals surface area contributed by atoms with Crippen LogP contribution in [0.5, 0.6) is 0 Å². The Morgan fingerprint density at radius 1 is 1.37 bits per heavy atom. The summed E-state index contributed by atoms with van der Waals surface area (Å²) in [5.41, 5.74) is 0. The van der Waals surface area contributed by atoms with Gasteiger partial charge >= 0.3 is 12.0 Å².